The smallest absolute Gasteiger partial charge is 0.412 e. The van der Waals surface area contributed by atoms with E-state index >= 15 is 0 Å². The van der Waals surface area contributed by atoms with Crippen LogP contribution >= 0.6 is 0 Å². The van der Waals surface area contributed by atoms with E-state index in [2.05, 4.69) is 5.32 Å². The van der Waals surface area contributed by atoms with Crippen molar-refractivity contribution in [2.45, 2.75) is 39.4 Å². The molecule has 4 rings (SSSR count). The minimum absolute atomic E-state index is 0.114. The Morgan fingerprint density at radius 2 is 1.93 bits per heavy atom. The lowest BCUT2D eigenvalue weighted by Crippen LogP contribution is -2.28. The van der Waals surface area contributed by atoms with Crippen LogP contribution in [-0.2, 0) is 9.47 Å². The van der Waals surface area contributed by atoms with Crippen LogP contribution in [0.2, 0.25) is 0 Å². The molecule has 0 radical (unpaired) electrons. The zero-order valence-electron chi connectivity index (χ0n) is 16.1. The first-order valence-corrected chi connectivity index (χ1v) is 8.97. The van der Waals surface area contributed by atoms with Crippen molar-refractivity contribution in [3.8, 4) is 11.5 Å². The van der Waals surface area contributed by atoms with Crippen LogP contribution in [0.5, 0.6) is 11.5 Å². The number of nitrogens with one attached hydrogen (secondary N) is 1. The largest absolute Gasteiger partial charge is 0.494 e. The van der Waals surface area contributed by atoms with E-state index in [0.717, 1.165) is 16.9 Å². The minimum atomic E-state index is -0.587. The van der Waals surface area contributed by atoms with E-state index in [4.69, 9.17) is 18.9 Å². The van der Waals surface area contributed by atoms with Crippen molar-refractivity contribution < 1.29 is 23.7 Å². The summed E-state index contributed by atoms with van der Waals surface area (Å²) in [6.07, 6.45) is -0.935. The maximum absolute atomic E-state index is 12.3. The average molecular weight is 371 g/mol. The third kappa shape index (κ3) is 4.92. The van der Waals surface area contributed by atoms with Crippen LogP contribution in [-0.4, -0.2) is 25.1 Å². The molecule has 2 aliphatic rings. The Kier molecular flexibility index (Phi) is 5.56. The number of ether oxygens (including phenoxy) is 4. The molecule has 144 valence electrons. The third-order valence-electron chi connectivity index (χ3n) is 3.90. The zero-order valence-corrected chi connectivity index (χ0v) is 16.1. The minimum Gasteiger partial charge on any atom is -0.494 e. The number of fused-ring (bicyclic) bond motifs is 5. The lowest BCUT2D eigenvalue weighted by molar-refractivity contribution is -0.0229. The van der Waals surface area contributed by atoms with Crippen LogP contribution in [0, 0.1) is 0 Å². The van der Waals surface area contributed by atoms with E-state index < -0.39 is 17.8 Å². The van der Waals surface area contributed by atoms with Gasteiger partial charge in [0, 0.05) is 5.56 Å². The van der Waals surface area contributed by atoms with Gasteiger partial charge in [0.1, 0.15) is 23.2 Å². The van der Waals surface area contributed by atoms with E-state index in [1.165, 1.54) is 0 Å². The Morgan fingerprint density at radius 3 is 2.59 bits per heavy atom. The molecule has 6 heteroatoms. The van der Waals surface area contributed by atoms with Crippen molar-refractivity contribution in [2.75, 3.05) is 18.7 Å². The molecule has 2 heterocycles. The molecule has 2 aromatic rings. The fraction of sp³-hybridized carbons (Fsp3) is 0.381. The Labute approximate surface area is 159 Å². The summed E-state index contributed by atoms with van der Waals surface area (Å²) in [4.78, 5) is 12.3. The fourth-order valence-electron chi connectivity index (χ4n) is 2.82. The van der Waals surface area contributed by atoms with Gasteiger partial charge in [0.25, 0.3) is 0 Å². The molecule has 2 aromatic carbocycles. The van der Waals surface area contributed by atoms with Crippen molar-refractivity contribution in [1.29, 1.82) is 0 Å². The van der Waals surface area contributed by atoms with Gasteiger partial charge in [0.15, 0.2) is 6.79 Å². The van der Waals surface area contributed by atoms with Crippen molar-refractivity contribution >= 4 is 11.8 Å². The predicted molar refractivity (Wildman–Crippen MR) is 102 cm³/mol. The molecule has 0 spiro atoms. The molecular formula is C21H25NO5. The summed E-state index contributed by atoms with van der Waals surface area (Å²) in [6, 6.07) is 13.2. The molecule has 0 saturated heterocycles. The number of amides is 1. The van der Waals surface area contributed by atoms with Gasteiger partial charge < -0.3 is 18.9 Å². The standard InChI is InChI=1S/C21H25NO5/c1-5-24-16-10-11-18(22-20(23)27-21(2,3)4)17(12-16)19-14-6-8-15(9-7-14)25-13-26-19/h6-12,19H,5,13H2,1-4H3,(H,22,23). The molecule has 1 atom stereocenters. The van der Waals surface area contributed by atoms with Gasteiger partial charge in [-0.3, -0.25) is 5.32 Å². The first kappa shape index (κ1) is 19.0. The van der Waals surface area contributed by atoms with Crippen LogP contribution in [0.1, 0.15) is 44.9 Å². The van der Waals surface area contributed by atoms with Gasteiger partial charge in [-0.25, -0.2) is 4.79 Å². The number of anilines is 1. The molecule has 1 unspecified atom stereocenters. The van der Waals surface area contributed by atoms with Gasteiger partial charge in [0.2, 0.25) is 0 Å². The van der Waals surface area contributed by atoms with Crippen molar-refractivity contribution in [2.24, 2.45) is 0 Å². The van der Waals surface area contributed by atoms with Gasteiger partial charge in [-0.15, -0.1) is 0 Å². The summed E-state index contributed by atoms with van der Waals surface area (Å²) in [5.74, 6) is 1.46. The predicted octanol–water partition coefficient (Wildman–Crippen LogP) is 4.89. The molecule has 0 fully saturated rings. The highest BCUT2D eigenvalue weighted by molar-refractivity contribution is 5.86. The fourth-order valence-corrected chi connectivity index (χ4v) is 2.82. The number of hydrogen-bond acceptors (Lipinski definition) is 5. The highest BCUT2D eigenvalue weighted by Gasteiger charge is 2.24. The maximum Gasteiger partial charge on any atom is 0.412 e. The molecule has 0 aromatic heterocycles. The molecule has 1 amide bonds. The number of hydrogen-bond donors (Lipinski definition) is 1. The van der Waals surface area contributed by atoms with Crippen molar-refractivity contribution in [3.63, 3.8) is 0 Å². The lowest BCUT2D eigenvalue weighted by atomic mass is 9.99. The van der Waals surface area contributed by atoms with Crippen LogP contribution in [0.25, 0.3) is 0 Å². The molecule has 0 saturated carbocycles. The van der Waals surface area contributed by atoms with E-state index in [-0.39, 0.29) is 6.79 Å². The second kappa shape index (κ2) is 7.88. The van der Waals surface area contributed by atoms with Crippen LogP contribution in [0.4, 0.5) is 10.5 Å². The first-order chi connectivity index (χ1) is 12.9. The maximum atomic E-state index is 12.3. The molecule has 27 heavy (non-hydrogen) atoms. The molecular weight excluding hydrogens is 346 g/mol. The summed E-state index contributed by atoms with van der Waals surface area (Å²) >= 11 is 0. The van der Waals surface area contributed by atoms with E-state index in [9.17, 15) is 4.79 Å². The Balaban J connectivity index is 1.96. The van der Waals surface area contributed by atoms with E-state index in [0.29, 0.717) is 18.0 Å². The van der Waals surface area contributed by atoms with Crippen LogP contribution in [0.15, 0.2) is 42.5 Å². The van der Waals surface area contributed by atoms with E-state index in [1.807, 2.05) is 64.1 Å². The van der Waals surface area contributed by atoms with Crippen LogP contribution in [0.3, 0.4) is 0 Å². The summed E-state index contributed by atoms with van der Waals surface area (Å²) in [5, 5.41) is 2.82. The van der Waals surface area contributed by atoms with Gasteiger partial charge in [0.05, 0.1) is 12.3 Å². The Bertz CT molecular complexity index is 795. The summed E-state index contributed by atoms with van der Waals surface area (Å²) in [5.41, 5.74) is 1.74. The first-order valence-electron chi connectivity index (χ1n) is 8.97. The van der Waals surface area contributed by atoms with E-state index in [1.54, 1.807) is 6.07 Å². The van der Waals surface area contributed by atoms with Gasteiger partial charge >= 0.3 is 6.09 Å². The molecule has 2 aliphatic heterocycles. The van der Waals surface area contributed by atoms with Crippen molar-refractivity contribution in [3.05, 3.63) is 53.6 Å². The summed E-state index contributed by atoms with van der Waals surface area (Å²) < 4.78 is 22.5. The molecule has 1 N–H and O–H groups in total. The molecule has 2 bridgehead atoms. The quantitative estimate of drug-likeness (QED) is 0.829. The number of rotatable bonds is 4. The highest BCUT2D eigenvalue weighted by atomic mass is 16.7. The van der Waals surface area contributed by atoms with Crippen LogP contribution < -0.4 is 14.8 Å². The second-order valence-electron chi connectivity index (χ2n) is 7.19. The lowest BCUT2D eigenvalue weighted by Gasteiger charge is -2.26. The topological polar surface area (TPSA) is 66.0 Å². The van der Waals surface area contributed by atoms with Gasteiger partial charge in [-0.1, -0.05) is 12.1 Å². The Morgan fingerprint density at radius 1 is 1.19 bits per heavy atom. The number of benzene rings is 2. The zero-order chi connectivity index (χ0) is 19.4. The summed E-state index contributed by atoms with van der Waals surface area (Å²) in [7, 11) is 0. The van der Waals surface area contributed by atoms with Gasteiger partial charge in [-0.05, 0) is 63.6 Å². The number of carbonyl (C=O) groups is 1. The summed E-state index contributed by atoms with van der Waals surface area (Å²) in [6.45, 7) is 8.05. The third-order valence-corrected chi connectivity index (χ3v) is 3.90. The van der Waals surface area contributed by atoms with Crippen molar-refractivity contribution in [1.82, 2.24) is 0 Å². The Hall–Kier alpha value is -2.73. The second-order valence-corrected chi connectivity index (χ2v) is 7.19. The SMILES string of the molecule is CCOc1ccc(NC(=O)OC(C)(C)C)c(C2OCOc3ccc2cc3)c1. The normalized spacial score (nSPS) is 16.1. The highest BCUT2D eigenvalue weighted by Crippen LogP contribution is 2.36. The molecule has 6 nitrogen and oxygen atoms in total. The number of carbonyl (C=O) groups excluding carboxylic acids is 1. The monoisotopic (exact) mass is 371 g/mol. The average Bonchev–Trinajstić information content (AvgIpc) is 2.56. The van der Waals surface area contributed by atoms with Gasteiger partial charge in [-0.2, -0.15) is 0 Å². The molecule has 0 aliphatic carbocycles.